The van der Waals surface area contributed by atoms with Crippen molar-refractivity contribution in [2.24, 2.45) is 0 Å². The lowest BCUT2D eigenvalue weighted by Crippen LogP contribution is -2.19. The van der Waals surface area contributed by atoms with E-state index >= 15 is 0 Å². The Labute approximate surface area is 137 Å². The molecule has 0 unspecified atom stereocenters. The highest BCUT2D eigenvalue weighted by Gasteiger charge is 2.11. The third kappa shape index (κ3) is 4.83. The first-order valence-electron chi connectivity index (χ1n) is 6.84. The Morgan fingerprint density at radius 1 is 1.43 bits per heavy atom. The van der Waals surface area contributed by atoms with Gasteiger partial charge in [0.1, 0.15) is 18.9 Å². The molecule has 2 aromatic rings. The summed E-state index contributed by atoms with van der Waals surface area (Å²) in [5.74, 6) is -0.237. The van der Waals surface area contributed by atoms with Crippen molar-refractivity contribution in [1.29, 1.82) is 10.5 Å². The Morgan fingerprint density at radius 3 is 2.91 bits per heavy atom. The molecule has 1 aromatic heterocycles. The molecule has 0 saturated heterocycles. The average Bonchev–Trinajstić information content (AvgIpc) is 2.97. The molecule has 23 heavy (non-hydrogen) atoms. The third-order valence-corrected chi connectivity index (χ3v) is 3.99. The number of benzene rings is 1. The van der Waals surface area contributed by atoms with Gasteiger partial charge in [-0.25, -0.2) is 9.67 Å². The number of amides is 1. The van der Waals surface area contributed by atoms with Gasteiger partial charge < -0.3 is 5.32 Å². The van der Waals surface area contributed by atoms with E-state index in [1.165, 1.54) is 22.8 Å². The summed E-state index contributed by atoms with van der Waals surface area (Å²) in [4.78, 5) is 16.7. The lowest BCUT2D eigenvalue weighted by molar-refractivity contribution is -0.116. The summed E-state index contributed by atoms with van der Waals surface area (Å²) < 4.78 is 1.31. The van der Waals surface area contributed by atoms with E-state index in [1.807, 2.05) is 31.2 Å². The van der Waals surface area contributed by atoms with E-state index in [2.05, 4.69) is 21.5 Å². The Kier molecular flexibility index (Phi) is 5.73. The van der Waals surface area contributed by atoms with Crippen LogP contribution in [0.1, 0.15) is 19.2 Å². The molecule has 0 aliphatic heterocycles. The van der Waals surface area contributed by atoms with Gasteiger partial charge in [0.05, 0.1) is 11.8 Å². The summed E-state index contributed by atoms with van der Waals surface area (Å²) in [6, 6.07) is 11.4. The van der Waals surface area contributed by atoms with Crippen molar-refractivity contribution >= 4 is 23.4 Å². The lowest BCUT2D eigenvalue weighted by atomic mass is 10.3. The number of thioether (sulfide) groups is 1. The summed E-state index contributed by atoms with van der Waals surface area (Å²) in [6.07, 6.45) is 1.77. The fraction of sp³-hybridized carbons (Fsp3) is 0.267. The Balaban J connectivity index is 2.03. The van der Waals surface area contributed by atoms with Gasteiger partial charge in [-0.15, -0.1) is 16.9 Å². The second-order valence-corrected chi connectivity index (χ2v) is 6.19. The maximum atomic E-state index is 12.1. The number of nitriles is 2. The van der Waals surface area contributed by atoms with Gasteiger partial charge in [-0.3, -0.25) is 4.79 Å². The average molecular weight is 326 g/mol. The van der Waals surface area contributed by atoms with Gasteiger partial charge in [0, 0.05) is 16.6 Å². The first-order chi connectivity index (χ1) is 11.1. The van der Waals surface area contributed by atoms with Crippen LogP contribution >= 0.6 is 11.8 Å². The van der Waals surface area contributed by atoms with Gasteiger partial charge in [-0.1, -0.05) is 19.1 Å². The molecule has 0 spiro atoms. The van der Waals surface area contributed by atoms with Crippen molar-refractivity contribution in [2.75, 3.05) is 5.32 Å². The van der Waals surface area contributed by atoms with Crippen molar-refractivity contribution in [2.45, 2.75) is 30.0 Å². The quantitative estimate of drug-likeness (QED) is 0.815. The number of rotatable bonds is 6. The van der Waals surface area contributed by atoms with Crippen LogP contribution in [0, 0.1) is 22.7 Å². The van der Waals surface area contributed by atoms with E-state index < -0.39 is 0 Å². The number of nitrogens with one attached hydrogen (secondary N) is 1. The molecular weight excluding hydrogens is 312 g/mol. The monoisotopic (exact) mass is 326 g/mol. The van der Waals surface area contributed by atoms with E-state index in [0.29, 0.717) is 12.1 Å². The largest absolute Gasteiger partial charge is 0.323 e. The van der Waals surface area contributed by atoms with Crippen LogP contribution in [0.5, 0.6) is 0 Å². The number of hydrogen-bond acceptors (Lipinski definition) is 6. The Hall–Kier alpha value is -2.84. The van der Waals surface area contributed by atoms with Crippen LogP contribution in [0.2, 0.25) is 0 Å². The molecule has 116 valence electrons. The molecule has 0 saturated carbocycles. The number of nitrogens with zero attached hydrogens (tertiary/aromatic N) is 5. The van der Waals surface area contributed by atoms with Crippen LogP contribution in [0.3, 0.4) is 0 Å². The molecule has 0 bridgehead atoms. The molecule has 8 heteroatoms. The second kappa shape index (κ2) is 7.97. The van der Waals surface area contributed by atoms with Crippen molar-refractivity contribution in [3.8, 4) is 12.1 Å². The number of anilines is 1. The molecule has 1 heterocycles. The van der Waals surface area contributed by atoms with E-state index in [1.54, 1.807) is 6.07 Å². The Bertz CT molecular complexity index is 773. The van der Waals surface area contributed by atoms with Crippen LogP contribution in [0.4, 0.5) is 5.69 Å². The highest BCUT2D eigenvalue weighted by atomic mass is 32.2. The molecule has 0 aliphatic rings. The van der Waals surface area contributed by atoms with E-state index in [4.69, 9.17) is 10.5 Å². The molecule has 0 aliphatic carbocycles. The van der Waals surface area contributed by atoms with Gasteiger partial charge in [0.15, 0.2) is 0 Å². The van der Waals surface area contributed by atoms with E-state index in [0.717, 1.165) is 4.90 Å². The molecule has 7 nitrogen and oxygen atoms in total. The van der Waals surface area contributed by atoms with Gasteiger partial charge in [-0.05, 0) is 12.1 Å². The molecule has 1 atom stereocenters. The minimum atomic E-state index is -0.264. The van der Waals surface area contributed by atoms with Crippen molar-refractivity contribution in [1.82, 2.24) is 14.8 Å². The number of carbonyl (C=O) groups is 1. The van der Waals surface area contributed by atoms with Gasteiger partial charge >= 0.3 is 0 Å². The molecule has 1 N–H and O–H groups in total. The summed E-state index contributed by atoms with van der Waals surface area (Å²) >= 11 is 1.54. The van der Waals surface area contributed by atoms with Gasteiger partial charge in [0.25, 0.3) is 5.82 Å². The number of hydrogen-bond donors (Lipinski definition) is 1. The SMILES string of the molecule is C[C@H](CC#N)Sc1ccccc1NC(=O)Cn1cnc(C#N)n1. The van der Waals surface area contributed by atoms with Crippen LogP contribution < -0.4 is 5.32 Å². The normalized spacial score (nSPS) is 11.3. The smallest absolute Gasteiger partial charge is 0.252 e. The number of aromatic nitrogens is 3. The summed E-state index contributed by atoms with van der Waals surface area (Å²) in [5, 5.41) is 24.2. The van der Waals surface area contributed by atoms with Crippen LogP contribution in [0.15, 0.2) is 35.5 Å². The Morgan fingerprint density at radius 2 is 2.22 bits per heavy atom. The molecule has 2 rings (SSSR count). The van der Waals surface area contributed by atoms with Crippen LogP contribution in [-0.2, 0) is 11.3 Å². The zero-order valence-electron chi connectivity index (χ0n) is 12.4. The molecular formula is C15H14N6OS. The maximum Gasteiger partial charge on any atom is 0.252 e. The van der Waals surface area contributed by atoms with Crippen LogP contribution in [-0.4, -0.2) is 25.9 Å². The predicted molar refractivity (Wildman–Crippen MR) is 85.4 cm³/mol. The predicted octanol–water partition coefficient (Wildman–Crippen LogP) is 2.18. The zero-order valence-corrected chi connectivity index (χ0v) is 13.2. The van der Waals surface area contributed by atoms with Crippen molar-refractivity contribution in [3.63, 3.8) is 0 Å². The fourth-order valence-electron chi connectivity index (χ4n) is 1.82. The summed E-state index contributed by atoms with van der Waals surface area (Å²) in [6.45, 7) is 1.94. The van der Waals surface area contributed by atoms with Crippen molar-refractivity contribution in [3.05, 3.63) is 36.4 Å². The molecule has 1 aromatic carbocycles. The minimum Gasteiger partial charge on any atom is -0.323 e. The zero-order chi connectivity index (χ0) is 16.7. The highest BCUT2D eigenvalue weighted by Crippen LogP contribution is 2.31. The minimum absolute atomic E-state index is 0.0264. The maximum absolute atomic E-state index is 12.1. The van der Waals surface area contributed by atoms with E-state index in [-0.39, 0.29) is 23.5 Å². The number of carbonyl (C=O) groups excluding carboxylic acids is 1. The number of para-hydroxylation sites is 1. The van der Waals surface area contributed by atoms with Crippen LogP contribution in [0.25, 0.3) is 0 Å². The standard InChI is InChI=1S/C15H14N6OS/c1-11(6-7-16)23-13-5-3-2-4-12(13)19-15(22)9-21-10-18-14(8-17)20-21/h2-5,10-11H,6,9H2,1H3,(H,19,22)/t11-/m1/s1. The van der Waals surface area contributed by atoms with Crippen molar-refractivity contribution < 1.29 is 4.79 Å². The second-order valence-electron chi connectivity index (χ2n) is 4.71. The summed E-state index contributed by atoms with van der Waals surface area (Å²) in [7, 11) is 0. The fourth-order valence-corrected chi connectivity index (χ4v) is 2.81. The third-order valence-electron chi connectivity index (χ3n) is 2.81. The summed E-state index contributed by atoms with van der Waals surface area (Å²) in [5.41, 5.74) is 0.688. The van der Waals surface area contributed by atoms with Gasteiger partial charge in [-0.2, -0.15) is 10.5 Å². The first kappa shape index (κ1) is 16.5. The molecule has 0 radical (unpaired) electrons. The topological polar surface area (TPSA) is 107 Å². The lowest BCUT2D eigenvalue weighted by Gasteiger charge is -2.13. The van der Waals surface area contributed by atoms with E-state index in [9.17, 15) is 4.79 Å². The van der Waals surface area contributed by atoms with Gasteiger partial charge in [0.2, 0.25) is 5.91 Å². The molecule has 1 amide bonds. The first-order valence-corrected chi connectivity index (χ1v) is 7.72. The molecule has 0 fully saturated rings. The highest BCUT2D eigenvalue weighted by molar-refractivity contribution is 8.00.